The molecule has 0 radical (unpaired) electrons. The number of aliphatic hydroxyl groups excluding tert-OH is 2. The van der Waals surface area contributed by atoms with Crippen molar-refractivity contribution in [2.45, 2.75) is 131 Å². The Bertz CT molecular complexity index is 525. The molecular formula is C30H56O2. The molecule has 188 valence electrons. The molecule has 0 aromatic heterocycles. The summed E-state index contributed by atoms with van der Waals surface area (Å²) in [5, 5.41) is 19.1. The van der Waals surface area contributed by atoms with Gasteiger partial charge in [-0.25, -0.2) is 0 Å². The highest BCUT2D eigenvalue weighted by molar-refractivity contribution is 5.38. The van der Waals surface area contributed by atoms with Crippen molar-refractivity contribution in [3.05, 3.63) is 24.8 Å². The minimum atomic E-state index is -0.00999. The molecule has 0 aromatic rings. The Morgan fingerprint density at radius 3 is 1.75 bits per heavy atom. The first-order chi connectivity index (χ1) is 15.3. The van der Waals surface area contributed by atoms with Crippen LogP contribution in [0.4, 0.5) is 0 Å². The molecule has 3 aliphatic carbocycles. The van der Waals surface area contributed by atoms with Crippen molar-refractivity contribution >= 4 is 0 Å². The third-order valence-corrected chi connectivity index (χ3v) is 9.32. The highest BCUT2D eigenvalue weighted by Gasteiger charge is 2.46. The fourth-order valence-corrected chi connectivity index (χ4v) is 6.64. The lowest BCUT2D eigenvalue weighted by Gasteiger charge is -2.38. The van der Waals surface area contributed by atoms with Crippen molar-refractivity contribution in [2.75, 3.05) is 0 Å². The van der Waals surface area contributed by atoms with Crippen LogP contribution >= 0.6 is 0 Å². The molecule has 0 aromatic carbocycles. The zero-order chi connectivity index (χ0) is 24.3. The maximum absolute atomic E-state index is 9.63. The first-order valence-electron chi connectivity index (χ1n) is 13.8. The molecule has 0 bridgehead atoms. The third-order valence-electron chi connectivity index (χ3n) is 9.32. The van der Waals surface area contributed by atoms with Gasteiger partial charge in [-0.3, -0.25) is 0 Å². The van der Waals surface area contributed by atoms with Gasteiger partial charge in [0.15, 0.2) is 0 Å². The van der Waals surface area contributed by atoms with E-state index in [0.717, 1.165) is 55.3 Å². The molecular weight excluding hydrogens is 392 g/mol. The van der Waals surface area contributed by atoms with Crippen molar-refractivity contribution in [3.8, 4) is 0 Å². The Morgan fingerprint density at radius 2 is 1.38 bits per heavy atom. The van der Waals surface area contributed by atoms with Crippen molar-refractivity contribution < 1.29 is 10.2 Å². The van der Waals surface area contributed by atoms with Crippen LogP contribution in [0.5, 0.6) is 0 Å². The van der Waals surface area contributed by atoms with Gasteiger partial charge in [-0.1, -0.05) is 65.5 Å². The molecule has 2 fully saturated rings. The van der Waals surface area contributed by atoms with Gasteiger partial charge in [0.1, 0.15) is 0 Å². The fraction of sp³-hybridized carbons (Fsp3) is 0.867. The summed E-state index contributed by atoms with van der Waals surface area (Å²) < 4.78 is 0. The van der Waals surface area contributed by atoms with Crippen molar-refractivity contribution in [3.63, 3.8) is 0 Å². The Kier molecular flexibility index (Phi) is 13.4. The van der Waals surface area contributed by atoms with Gasteiger partial charge < -0.3 is 10.2 Å². The topological polar surface area (TPSA) is 40.5 Å². The summed E-state index contributed by atoms with van der Waals surface area (Å²) in [5.41, 5.74) is 2.08. The molecule has 2 nitrogen and oxygen atoms in total. The van der Waals surface area contributed by atoms with E-state index in [1.54, 1.807) is 5.57 Å². The molecule has 4 atom stereocenters. The highest BCUT2D eigenvalue weighted by atomic mass is 16.3. The van der Waals surface area contributed by atoms with Crippen molar-refractivity contribution in [1.29, 1.82) is 0 Å². The van der Waals surface area contributed by atoms with Crippen LogP contribution in [0, 0.1) is 35.0 Å². The standard InChI is InChI=1S/C16H32O.C12H20O.C2H4/c1-5-7-16(13(4)12(3)6-2)14-8-10-15(17)11-9-14;1-3-12(8-9(12)2)10-4-6-11(13)7-5-10;1-2/h12-17H,5-11H2,1-4H3;8,10-11,13H,3-7H2,1-2H3;1-2H2. The molecule has 2 N–H and O–H groups in total. The van der Waals surface area contributed by atoms with Crippen LogP contribution in [0.25, 0.3) is 0 Å². The third kappa shape index (κ3) is 8.01. The second-order valence-corrected chi connectivity index (χ2v) is 11.0. The van der Waals surface area contributed by atoms with E-state index in [9.17, 15) is 10.2 Å². The van der Waals surface area contributed by atoms with Crippen molar-refractivity contribution in [1.82, 2.24) is 0 Å². The van der Waals surface area contributed by atoms with E-state index >= 15 is 0 Å². The predicted molar refractivity (Wildman–Crippen MR) is 141 cm³/mol. The lowest BCUT2D eigenvalue weighted by molar-refractivity contribution is 0.0655. The average Bonchev–Trinajstić information content (AvgIpc) is 3.50. The number of hydrogen-bond acceptors (Lipinski definition) is 2. The van der Waals surface area contributed by atoms with Crippen LogP contribution in [-0.4, -0.2) is 22.4 Å². The van der Waals surface area contributed by atoms with E-state index in [4.69, 9.17) is 0 Å². The van der Waals surface area contributed by atoms with Gasteiger partial charge in [-0.15, -0.1) is 13.2 Å². The number of rotatable bonds is 8. The number of aliphatic hydroxyl groups is 2. The lowest BCUT2D eigenvalue weighted by Crippen LogP contribution is -2.30. The zero-order valence-corrected chi connectivity index (χ0v) is 22.4. The maximum Gasteiger partial charge on any atom is 0.0540 e. The molecule has 3 rings (SSSR count). The first kappa shape index (κ1) is 29.4. The second kappa shape index (κ2) is 14.6. The normalized spacial score (nSPS) is 34.6. The smallest absolute Gasteiger partial charge is 0.0540 e. The Hall–Kier alpha value is -0.600. The largest absolute Gasteiger partial charge is 0.393 e. The van der Waals surface area contributed by atoms with E-state index in [2.05, 4.69) is 60.8 Å². The monoisotopic (exact) mass is 448 g/mol. The van der Waals surface area contributed by atoms with E-state index in [0.29, 0.717) is 5.41 Å². The summed E-state index contributed by atoms with van der Waals surface area (Å²) in [7, 11) is 0. The van der Waals surface area contributed by atoms with Gasteiger partial charge in [0.05, 0.1) is 12.2 Å². The lowest BCUT2D eigenvalue weighted by atomic mass is 9.68. The van der Waals surface area contributed by atoms with Crippen LogP contribution < -0.4 is 0 Å². The molecule has 3 aliphatic rings. The summed E-state index contributed by atoms with van der Waals surface area (Å²) in [4.78, 5) is 0. The van der Waals surface area contributed by atoms with Crippen molar-refractivity contribution in [2.24, 2.45) is 35.0 Å². The van der Waals surface area contributed by atoms with Crippen LogP contribution in [0.3, 0.4) is 0 Å². The van der Waals surface area contributed by atoms with Crippen LogP contribution in [-0.2, 0) is 0 Å². The molecule has 0 amide bonds. The molecule has 4 unspecified atom stereocenters. The first-order valence-corrected chi connectivity index (χ1v) is 13.8. The highest BCUT2D eigenvalue weighted by Crippen LogP contribution is 2.56. The second-order valence-electron chi connectivity index (χ2n) is 11.0. The van der Waals surface area contributed by atoms with Gasteiger partial charge >= 0.3 is 0 Å². The Morgan fingerprint density at radius 1 is 0.906 bits per heavy atom. The summed E-state index contributed by atoms with van der Waals surface area (Å²) in [6.07, 6.45) is 16.8. The molecule has 2 saturated carbocycles. The van der Waals surface area contributed by atoms with E-state index < -0.39 is 0 Å². The van der Waals surface area contributed by atoms with Gasteiger partial charge in [0.2, 0.25) is 0 Å². The number of hydrogen-bond donors (Lipinski definition) is 2. The molecule has 0 spiro atoms. The van der Waals surface area contributed by atoms with Crippen LogP contribution in [0.1, 0.15) is 119 Å². The Labute approximate surface area is 201 Å². The van der Waals surface area contributed by atoms with Gasteiger partial charge in [-0.05, 0) is 94.3 Å². The molecule has 32 heavy (non-hydrogen) atoms. The van der Waals surface area contributed by atoms with Gasteiger partial charge in [-0.2, -0.15) is 0 Å². The van der Waals surface area contributed by atoms with Crippen LogP contribution in [0.2, 0.25) is 0 Å². The molecule has 2 heteroatoms. The van der Waals surface area contributed by atoms with E-state index in [1.165, 1.54) is 51.4 Å². The zero-order valence-electron chi connectivity index (χ0n) is 22.4. The summed E-state index contributed by atoms with van der Waals surface area (Å²) >= 11 is 0. The van der Waals surface area contributed by atoms with E-state index in [1.807, 2.05) is 0 Å². The quantitative estimate of drug-likeness (QED) is 0.366. The summed E-state index contributed by atoms with van der Waals surface area (Å²) in [6, 6.07) is 0. The van der Waals surface area contributed by atoms with Gasteiger partial charge in [0, 0.05) is 5.41 Å². The summed E-state index contributed by atoms with van der Waals surface area (Å²) in [6.45, 7) is 20.0. The van der Waals surface area contributed by atoms with Gasteiger partial charge in [0.25, 0.3) is 0 Å². The fourth-order valence-electron chi connectivity index (χ4n) is 6.64. The average molecular weight is 449 g/mol. The minimum absolute atomic E-state index is 0.00701. The molecule has 0 saturated heterocycles. The molecule has 0 aliphatic heterocycles. The minimum Gasteiger partial charge on any atom is -0.393 e. The van der Waals surface area contributed by atoms with E-state index in [-0.39, 0.29) is 12.2 Å². The Balaban J connectivity index is 0.000000305. The van der Waals surface area contributed by atoms with Crippen LogP contribution in [0.15, 0.2) is 24.8 Å². The summed E-state index contributed by atoms with van der Waals surface area (Å²) in [5.74, 6) is 4.30. The maximum atomic E-state index is 9.63. The predicted octanol–water partition coefficient (Wildman–Crippen LogP) is 8.33. The molecule has 0 heterocycles. The number of allylic oxidation sites excluding steroid dienone is 2. The SMILES string of the molecule is C=C.CCC1(C2CCC(O)CC2)C=C1C.CCCC(C1CCC(O)CC1)C(C)C(C)CC.